The molecule has 0 aromatic heterocycles. The Morgan fingerprint density at radius 3 is 2.11 bits per heavy atom. The van der Waals surface area contributed by atoms with Crippen LogP contribution in [0, 0.1) is 0 Å². The van der Waals surface area contributed by atoms with Crippen molar-refractivity contribution in [2.45, 2.75) is 97.9 Å². The fraction of sp³-hybridized carbons (Fsp3) is 0.905. The highest BCUT2D eigenvalue weighted by Gasteiger charge is 2.37. The zero-order valence-corrected chi connectivity index (χ0v) is 18.3. The van der Waals surface area contributed by atoms with E-state index in [1.54, 1.807) is 4.90 Å². The zero-order chi connectivity index (χ0) is 20.5. The van der Waals surface area contributed by atoms with Crippen molar-refractivity contribution >= 4 is 12.2 Å². The lowest BCUT2D eigenvalue weighted by Crippen LogP contribution is -2.54. The minimum atomic E-state index is -0.559. The van der Waals surface area contributed by atoms with Crippen LogP contribution in [0.2, 0.25) is 0 Å². The lowest BCUT2D eigenvalue weighted by atomic mass is 9.93. The number of carbonyl (C=O) groups is 2. The van der Waals surface area contributed by atoms with E-state index in [9.17, 15) is 9.59 Å². The first-order chi connectivity index (χ1) is 12.9. The van der Waals surface area contributed by atoms with Crippen molar-refractivity contribution in [3.8, 4) is 0 Å². The van der Waals surface area contributed by atoms with Crippen LogP contribution < -0.4 is 5.32 Å². The normalized spacial score (nSPS) is 12.9. The highest BCUT2D eigenvalue weighted by Crippen LogP contribution is 2.25. The number of alkyl carbamates (subject to hydrolysis) is 1. The summed E-state index contributed by atoms with van der Waals surface area (Å²) < 4.78 is 11.0. The molecular weight excluding hydrogens is 344 g/mol. The van der Waals surface area contributed by atoms with Crippen molar-refractivity contribution in [2.24, 2.45) is 0 Å². The van der Waals surface area contributed by atoms with Gasteiger partial charge in [0.25, 0.3) is 0 Å². The second-order valence-corrected chi connectivity index (χ2v) is 7.43. The van der Waals surface area contributed by atoms with Gasteiger partial charge in [-0.2, -0.15) is 0 Å². The molecule has 0 rings (SSSR count). The van der Waals surface area contributed by atoms with E-state index in [0.717, 1.165) is 57.8 Å². The van der Waals surface area contributed by atoms with Crippen molar-refractivity contribution in [2.75, 3.05) is 26.3 Å². The summed E-state index contributed by atoms with van der Waals surface area (Å²) in [5.74, 6) is 0. The maximum Gasteiger partial charge on any atom is 0.410 e. The average molecular weight is 387 g/mol. The summed E-state index contributed by atoms with van der Waals surface area (Å²) in [6.45, 7) is 12.2. The lowest BCUT2D eigenvalue weighted by molar-refractivity contribution is 0.0120. The number of rotatable bonds is 15. The summed E-state index contributed by atoms with van der Waals surface area (Å²) in [4.78, 5) is 26.5. The third kappa shape index (κ3) is 11.1. The molecule has 0 fully saturated rings. The minimum Gasteiger partial charge on any atom is -0.449 e. The maximum atomic E-state index is 12.7. The summed E-state index contributed by atoms with van der Waals surface area (Å²) in [5, 5.41) is 2.77. The van der Waals surface area contributed by atoms with Gasteiger partial charge in [-0.15, -0.1) is 0 Å². The lowest BCUT2D eigenvalue weighted by Gasteiger charge is -2.40. The van der Waals surface area contributed by atoms with Gasteiger partial charge in [0.2, 0.25) is 0 Å². The topological polar surface area (TPSA) is 67.9 Å². The standard InChI is InChI=1S/C21H42N2O4/c1-6-10-14-21(5,18-27-19(24)22-15-11-7-2)23(16-12-8-3)20(25)26-17-13-9-4/h6-18H2,1-5H3,(H,22,24). The third-order valence-corrected chi connectivity index (χ3v) is 4.71. The minimum absolute atomic E-state index is 0.178. The Kier molecular flexibility index (Phi) is 14.7. The van der Waals surface area contributed by atoms with Crippen molar-refractivity contribution in [1.82, 2.24) is 10.2 Å². The molecule has 6 heteroatoms. The molecule has 0 aliphatic carbocycles. The number of ether oxygens (including phenoxy) is 2. The van der Waals surface area contributed by atoms with Gasteiger partial charge in [-0.3, -0.25) is 4.90 Å². The molecule has 0 bridgehead atoms. The van der Waals surface area contributed by atoms with E-state index in [4.69, 9.17) is 9.47 Å². The van der Waals surface area contributed by atoms with Crippen LogP contribution in [0.15, 0.2) is 0 Å². The Morgan fingerprint density at radius 2 is 1.52 bits per heavy atom. The fourth-order valence-corrected chi connectivity index (χ4v) is 2.76. The zero-order valence-electron chi connectivity index (χ0n) is 18.3. The smallest absolute Gasteiger partial charge is 0.410 e. The van der Waals surface area contributed by atoms with E-state index >= 15 is 0 Å². The van der Waals surface area contributed by atoms with Crippen LogP contribution in [0.4, 0.5) is 9.59 Å². The van der Waals surface area contributed by atoms with Gasteiger partial charge in [0.15, 0.2) is 0 Å². The first kappa shape index (κ1) is 25.5. The molecule has 0 aromatic rings. The Labute approximate surface area is 166 Å². The summed E-state index contributed by atoms with van der Waals surface area (Å²) in [5.41, 5.74) is -0.559. The molecule has 0 aliphatic heterocycles. The molecule has 0 saturated heterocycles. The number of nitrogens with one attached hydrogen (secondary N) is 1. The molecule has 27 heavy (non-hydrogen) atoms. The number of hydrogen-bond donors (Lipinski definition) is 1. The number of nitrogens with zero attached hydrogens (tertiary/aromatic N) is 1. The predicted octanol–water partition coefficient (Wildman–Crippen LogP) is 5.50. The Balaban J connectivity index is 5.06. The molecule has 0 aliphatic rings. The quantitative estimate of drug-likeness (QED) is 0.377. The van der Waals surface area contributed by atoms with Gasteiger partial charge in [-0.1, -0.05) is 59.8 Å². The molecule has 1 unspecified atom stereocenters. The maximum absolute atomic E-state index is 12.7. The van der Waals surface area contributed by atoms with Gasteiger partial charge < -0.3 is 14.8 Å². The van der Waals surface area contributed by atoms with Crippen molar-refractivity contribution in [1.29, 1.82) is 0 Å². The second kappa shape index (κ2) is 15.6. The van der Waals surface area contributed by atoms with Crippen LogP contribution in [-0.2, 0) is 9.47 Å². The molecule has 0 radical (unpaired) electrons. The number of amides is 2. The van der Waals surface area contributed by atoms with Crippen molar-refractivity contribution in [3.63, 3.8) is 0 Å². The van der Waals surface area contributed by atoms with E-state index < -0.39 is 11.6 Å². The molecule has 0 spiro atoms. The molecule has 0 heterocycles. The van der Waals surface area contributed by atoms with Crippen LogP contribution in [0.25, 0.3) is 0 Å². The van der Waals surface area contributed by atoms with Gasteiger partial charge in [0, 0.05) is 13.1 Å². The predicted molar refractivity (Wildman–Crippen MR) is 110 cm³/mol. The van der Waals surface area contributed by atoms with Gasteiger partial charge in [0.1, 0.15) is 6.61 Å². The SMILES string of the molecule is CCCCNC(=O)OCC(C)(CCCC)N(CCCC)C(=O)OCCCC. The van der Waals surface area contributed by atoms with E-state index in [-0.39, 0.29) is 12.7 Å². The molecule has 1 N–H and O–H groups in total. The largest absolute Gasteiger partial charge is 0.449 e. The molecule has 0 aromatic carbocycles. The van der Waals surface area contributed by atoms with Crippen LogP contribution in [0.5, 0.6) is 0 Å². The molecule has 6 nitrogen and oxygen atoms in total. The Morgan fingerprint density at radius 1 is 0.889 bits per heavy atom. The van der Waals surface area contributed by atoms with Crippen molar-refractivity contribution in [3.05, 3.63) is 0 Å². The van der Waals surface area contributed by atoms with Crippen LogP contribution in [0.3, 0.4) is 0 Å². The molecule has 0 saturated carbocycles. The summed E-state index contributed by atoms with van der Waals surface area (Å²) >= 11 is 0. The Hall–Kier alpha value is -1.46. The number of hydrogen-bond acceptors (Lipinski definition) is 4. The first-order valence-electron chi connectivity index (χ1n) is 10.8. The first-order valence-corrected chi connectivity index (χ1v) is 10.8. The van der Waals surface area contributed by atoms with E-state index in [2.05, 4.69) is 33.0 Å². The van der Waals surface area contributed by atoms with E-state index in [1.807, 2.05) is 6.92 Å². The van der Waals surface area contributed by atoms with Crippen LogP contribution >= 0.6 is 0 Å². The summed E-state index contributed by atoms with van der Waals surface area (Å²) in [7, 11) is 0. The molecule has 160 valence electrons. The van der Waals surface area contributed by atoms with Gasteiger partial charge in [0.05, 0.1) is 12.1 Å². The molecule has 2 amide bonds. The number of unbranched alkanes of at least 4 members (excludes halogenated alkanes) is 4. The van der Waals surface area contributed by atoms with Crippen LogP contribution in [-0.4, -0.2) is 48.9 Å². The van der Waals surface area contributed by atoms with Gasteiger partial charge in [-0.25, -0.2) is 9.59 Å². The van der Waals surface area contributed by atoms with Gasteiger partial charge in [-0.05, 0) is 32.6 Å². The molecular formula is C21H42N2O4. The third-order valence-electron chi connectivity index (χ3n) is 4.71. The highest BCUT2D eigenvalue weighted by atomic mass is 16.6. The molecule has 1 atom stereocenters. The van der Waals surface area contributed by atoms with Crippen LogP contribution in [0.1, 0.15) is 92.4 Å². The highest BCUT2D eigenvalue weighted by molar-refractivity contribution is 5.69. The summed E-state index contributed by atoms with van der Waals surface area (Å²) in [6, 6.07) is 0. The Bertz CT molecular complexity index is 404. The van der Waals surface area contributed by atoms with E-state index in [1.165, 1.54) is 0 Å². The van der Waals surface area contributed by atoms with Crippen molar-refractivity contribution < 1.29 is 19.1 Å². The number of carbonyl (C=O) groups excluding carboxylic acids is 2. The fourth-order valence-electron chi connectivity index (χ4n) is 2.76. The monoisotopic (exact) mass is 386 g/mol. The average Bonchev–Trinajstić information content (AvgIpc) is 2.65. The van der Waals surface area contributed by atoms with Gasteiger partial charge >= 0.3 is 12.2 Å². The van der Waals surface area contributed by atoms with E-state index in [0.29, 0.717) is 19.7 Å². The second-order valence-electron chi connectivity index (χ2n) is 7.43. The summed E-state index contributed by atoms with van der Waals surface area (Å²) in [6.07, 6.45) is 7.70.